The normalized spacial score (nSPS) is 18.8. The Morgan fingerprint density at radius 3 is 2.42 bits per heavy atom. The second-order valence-corrected chi connectivity index (χ2v) is 6.69. The average Bonchev–Trinajstić information content (AvgIpc) is 2.82. The van der Waals surface area contributed by atoms with Gasteiger partial charge in [-0.1, -0.05) is 0 Å². The highest BCUT2D eigenvalue weighted by Crippen LogP contribution is 2.30. The zero-order valence-electron chi connectivity index (χ0n) is 13.5. The molecule has 1 fully saturated rings. The van der Waals surface area contributed by atoms with Crippen LogP contribution < -0.4 is 10.9 Å². The third-order valence-electron chi connectivity index (χ3n) is 3.79. The van der Waals surface area contributed by atoms with E-state index in [0.717, 1.165) is 0 Å². The molecular formula is C15H18F3N3O3. The van der Waals surface area contributed by atoms with Crippen molar-refractivity contribution < 1.29 is 22.8 Å². The van der Waals surface area contributed by atoms with E-state index in [2.05, 4.69) is 5.32 Å². The van der Waals surface area contributed by atoms with E-state index in [4.69, 9.17) is 0 Å². The summed E-state index contributed by atoms with van der Waals surface area (Å²) in [4.78, 5) is 39.3. The molecule has 0 radical (unpaired) electrons. The number of aromatic nitrogens is 1. The third kappa shape index (κ3) is 3.77. The van der Waals surface area contributed by atoms with Gasteiger partial charge in [0, 0.05) is 24.7 Å². The molecule has 0 saturated carbocycles. The first-order valence-electron chi connectivity index (χ1n) is 7.31. The molecule has 1 atom stereocenters. The van der Waals surface area contributed by atoms with Crippen LogP contribution in [-0.4, -0.2) is 33.8 Å². The zero-order chi connectivity index (χ0) is 18.3. The number of hydrogen-bond acceptors (Lipinski definition) is 3. The number of alkyl halides is 3. The molecule has 0 spiro atoms. The molecule has 2 N–H and O–H groups in total. The number of H-pyrrole nitrogens is 1. The molecule has 0 aromatic carbocycles. The van der Waals surface area contributed by atoms with Crippen LogP contribution in [0.4, 0.5) is 18.9 Å². The fraction of sp³-hybridized carbons (Fsp3) is 0.533. The van der Waals surface area contributed by atoms with Crippen LogP contribution >= 0.6 is 0 Å². The van der Waals surface area contributed by atoms with Crippen molar-refractivity contribution >= 4 is 17.5 Å². The number of amides is 2. The summed E-state index contributed by atoms with van der Waals surface area (Å²) < 4.78 is 38.1. The first-order valence-corrected chi connectivity index (χ1v) is 7.31. The molecule has 1 aromatic rings. The lowest BCUT2D eigenvalue weighted by Crippen LogP contribution is -2.42. The number of pyridine rings is 1. The van der Waals surface area contributed by atoms with Gasteiger partial charge in [0.25, 0.3) is 5.56 Å². The fourth-order valence-electron chi connectivity index (χ4n) is 2.51. The summed E-state index contributed by atoms with van der Waals surface area (Å²) in [6.07, 6.45) is -4.14. The third-order valence-corrected chi connectivity index (χ3v) is 3.79. The quantitative estimate of drug-likeness (QED) is 0.860. The molecular weight excluding hydrogens is 327 g/mol. The molecule has 1 saturated heterocycles. The highest BCUT2D eigenvalue weighted by atomic mass is 19.4. The van der Waals surface area contributed by atoms with Gasteiger partial charge in [-0.15, -0.1) is 0 Å². The van der Waals surface area contributed by atoms with Gasteiger partial charge in [0.1, 0.15) is 5.69 Å². The molecule has 0 bridgehead atoms. The van der Waals surface area contributed by atoms with E-state index in [1.54, 1.807) is 0 Å². The standard InChI is InChI=1S/C15H18F3N3O3/c1-14(2,3)21-7-8(4-11(21)22)12(23)20-10-5-9(15(16,17)18)6-19-13(10)24/h5-6,8H,4,7H2,1-3H3,(H,19,24)(H,20,23)/t8-/m1/s1. The highest BCUT2D eigenvalue weighted by Gasteiger charge is 2.39. The van der Waals surface area contributed by atoms with E-state index in [0.29, 0.717) is 12.3 Å². The van der Waals surface area contributed by atoms with Gasteiger partial charge in [-0.2, -0.15) is 13.2 Å². The van der Waals surface area contributed by atoms with Crippen LogP contribution in [0.25, 0.3) is 0 Å². The van der Waals surface area contributed by atoms with Gasteiger partial charge in [0.05, 0.1) is 11.5 Å². The van der Waals surface area contributed by atoms with Crippen molar-refractivity contribution in [3.8, 4) is 0 Å². The topological polar surface area (TPSA) is 82.3 Å². The number of rotatable bonds is 2. The van der Waals surface area contributed by atoms with Crippen molar-refractivity contribution in [2.24, 2.45) is 5.92 Å². The summed E-state index contributed by atoms with van der Waals surface area (Å²) in [5.41, 5.74) is -2.86. The monoisotopic (exact) mass is 345 g/mol. The maximum atomic E-state index is 12.7. The van der Waals surface area contributed by atoms with Crippen LogP contribution in [0.3, 0.4) is 0 Å². The SMILES string of the molecule is CC(C)(C)N1C[C@H](C(=O)Nc2cc(C(F)(F)F)c[nH]c2=O)CC1=O. The number of hydrogen-bond donors (Lipinski definition) is 2. The zero-order valence-corrected chi connectivity index (χ0v) is 13.5. The molecule has 6 nitrogen and oxygen atoms in total. The fourth-order valence-corrected chi connectivity index (χ4v) is 2.51. The van der Waals surface area contributed by atoms with E-state index in [1.807, 2.05) is 25.8 Å². The van der Waals surface area contributed by atoms with Crippen molar-refractivity contribution in [1.29, 1.82) is 0 Å². The number of carbonyl (C=O) groups is 2. The molecule has 1 aliphatic rings. The Morgan fingerprint density at radius 1 is 1.29 bits per heavy atom. The second kappa shape index (κ2) is 5.95. The smallest absolute Gasteiger partial charge is 0.337 e. The van der Waals surface area contributed by atoms with E-state index in [1.165, 1.54) is 4.90 Å². The molecule has 2 rings (SSSR count). The summed E-state index contributed by atoms with van der Waals surface area (Å²) in [7, 11) is 0. The van der Waals surface area contributed by atoms with Crippen molar-refractivity contribution in [2.45, 2.75) is 38.9 Å². The number of nitrogens with one attached hydrogen (secondary N) is 2. The maximum absolute atomic E-state index is 12.7. The van der Waals surface area contributed by atoms with E-state index >= 15 is 0 Å². The van der Waals surface area contributed by atoms with Gasteiger partial charge in [0.15, 0.2) is 0 Å². The Labute approximate surface area is 136 Å². The van der Waals surface area contributed by atoms with Crippen LogP contribution in [0.15, 0.2) is 17.1 Å². The molecule has 1 aromatic heterocycles. The van der Waals surface area contributed by atoms with Gasteiger partial charge in [0.2, 0.25) is 11.8 Å². The lowest BCUT2D eigenvalue weighted by molar-refractivity contribution is -0.138. The summed E-state index contributed by atoms with van der Waals surface area (Å²) >= 11 is 0. The van der Waals surface area contributed by atoms with Gasteiger partial charge >= 0.3 is 6.18 Å². The molecule has 132 valence electrons. The number of likely N-dealkylation sites (tertiary alicyclic amines) is 1. The van der Waals surface area contributed by atoms with E-state index in [-0.39, 0.29) is 18.9 Å². The molecule has 0 unspecified atom stereocenters. The Balaban J connectivity index is 2.17. The predicted molar refractivity (Wildman–Crippen MR) is 80.3 cm³/mol. The maximum Gasteiger partial charge on any atom is 0.417 e. The van der Waals surface area contributed by atoms with E-state index < -0.39 is 40.4 Å². The van der Waals surface area contributed by atoms with Crippen LogP contribution in [0, 0.1) is 5.92 Å². The summed E-state index contributed by atoms with van der Waals surface area (Å²) in [5.74, 6) is -1.58. The number of carbonyl (C=O) groups excluding carboxylic acids is 2. The number of nitrogens with zero attached hydrogens (tertiary/aromatic N) is 1. The second-order valence-electron chi connectivity index (χ2n) is 6.69. The van der Waals surface area contributed by atoms with Gasteiger partial charge in [-0.3, -0.25) is 14.4 Å². The Hall–Kier alpha value is -2.32. The summed E-state index contributed by atoms with van der Waals surface area (Å²) in [6.45, 7) is 5.62. The predicted octanol–water partition coefficient (Wildman–Crippen LogP) is 1.98. The number of halogens is 3. The first-order chi connectivity index (χ1) is 10.9. The summed E-state index contributed by atoms with van der Waals surface area (Å²) in [6, 6.07) is 0.578. The van der Waals surface area contributed by atoms with Crippen LogP contribution in [-0.2, 0) is 15.8 Å². The Bertz CT molecular complexity index is 719. The minimum Gasteiger partial charge on any atom is -0.337 e. The number of aromatic amines is 1. The van der Waals surface area contributed by atoms with Crippen LogP contribution in [0.1, 0.15) is 32.8 Å². The highest BCUT2D eigenvalue weighted by molar-refractivity contribution is 5.97. The van der Waals surface area contributed by atoms with Gasteiger partial charge in [-0.25, -0.2) is 0 Å². The summed E-state index contributed by atoms with van der Waals surface area (Å²) in [5, 5.41) is 2.20. The van der Waals surface area contributed by atoms with Gasteiger partial charge < -0.3 is 15.2 Å². The minimum atomic E-state index is -4.64. The molecule has 0 aliphatic carbocycles. The van der Waals surface area contributed by atoms with Crippen LogP contribution in [0.5, 0.6) is 0 Å². The van der Waals surface area contributed by atoms with Crippen molar-refractivity contribution in [3.05, 3.63) is 28.2 Å². The number of anilines is 1. The Kier molecular flexibility index (Phi) is 4.47. The van der Waals surface area contributed by atoms with E-state index in [9.17, 15) is 27.6 Å². The Morgan fingerprint density at radius 2 is 1.92 bits per heavy atom. The van der Waals surface area contributed by atoms with Gasteiger partial charge in [-0.05, 0) is 26.8 Å². The largest absolute Gasteiger partial charge is 0.417 e. The van der Waals surface area contributed by atoms with Crippen molar-refractivity contribution in [3.63, 3.8) is 0 Å². The molecule has 2 amide bonds. The van der Waals surface area contributed by atoms with Crippen LogP contribution in [0.2, 0.25) is 0 Å². The lowest BCUT2D eigenvalue weighted by atomic mass is 10.1. The molecule has 9 heteroatoms. The minimum absolute atomic E-state index is 0.0417. The molecule has 1 aliphatic heterocycles. The lowest BCUT2D eigenvalue weighted by Gasteiger charge is -2.31. The molecule has 2 heterocycles. The first kappa shape index (κ1) is 18.0. The average molecular weight is 345 g/mol. The molecule has 24 heavy (non-hydrogen) atoms. The van der Waals surface area contributed by atoms with Crippen molar-refractivity contribution in [1.82, 2.24) is 9.88 Å². The van der Waals surface area contributed by atoms with Crippen molar-refractivity contribution in [2.75, 3.05) is 11.9 Å².